The summed E-state index contributed by atoms with van der Waals surface area (Å²) in [5.74, 6) is 0.0321. The van der Waals surface area contributed by atoms with Gasteiger partial charge in [0.1, 0.15) is 5.92 Å². The SMILES string of the molecule is COc1cc(NC(=O)[C@@H](C#N)Cc2cn(C)c3ccccc23)cc(OC)c1OC. The van der Waals surface area contributed by atoms with E-state index in [-0.39, 0.29) is 0 Å². The van der Waals surface area contributed by atoms with Crippen molar-refractivity contribution in [2.45, 2.75) is 6.42 Å². The molecule has 1 N–H and O–H groups in total. The van der Waals surface area contributed by atoms with Gasteiger partial charge in [0.15, 0.2) is 11.5 Å². The Morgan fingerprint density at radius 1 is 1.14 bits per heavy atom. The fraction of sp³-hybridized carbons (Fsp3) is 0.273. The highest BCUT2D eigenvalue weighted by atomic mass is 16.5. The van der Waals surface area contributed by atoms with Gasteiger partial charge in [-0.3, -0.25) is 4.79 Å². The number of carbonyl (C=O) groups is 1. The lowest BCUT2D eigenvalue weighted by Crippen LogP contribution is -2.23. The maximum atomic E-state index is 12.8. The van der Waals surface area contributed by atoms with Crippen molar-refractivity contribution in [1.82, 2.24) is 4.57 Å². The number of ether oxygens (including phenoxy) is 3. The first-order valence-electron chi connectivity index (χ1n) is 9.05. The van der Waals surface area contributed by atoms with Gasteiger partial charge in [-0.1, -0.05) is 18.2 Å². The number of para-hydroxylation sites is 1. The highest BCUT2D eigenvalue weighted by Crippen LogP contribution is 2.40. The van der Waals surface area contributed by atoms with Crippen LogP contribution in [0.4, 0.5) is 5.69 Å². The lowest BCUT2D eigenvalue weighted by Gasteiger charge is -2.15. The minimum Gasteiger partial charge on any atom is -0.493 e. The summed E-state index contributed by atoms with van der Waals surface area (Å²) in [5.41, 5.74) is 2.47. The Bertz CT molecular complexity index is 1060. The maximum Gasteiger partial charge on any atom is 0.242 e. The van der Waals surface area contributed by atoms with Crippen LogP contribution < -0.4 is 19.5 Å². The lowest BCUT2D eigenvalue weighted by molar-refractivity contribution is -0.118. The van der Waals surface area contributed by atoms with Crippen LogP contribution in [-0.4, -0.2) is 31.8 Å². The highest BCUT2D eigenvalue weighted by molar-refractivity contribution is 5.95. The van der Waals surface area contributed by atoms with Crippen LogP contribution in [0.3, 0.4) is 0 Å². The number of nitrogens with one attached hydrogen (secondary N) is 1. The zero-order valence-electron chi connectivity index (χ0n) is 16.9. The molecular formula is C22H23N3O4. The van der Waals surface area contributed by atoms with Crippen LogP contribution in [0.5, 0.6) is 17.2 Å². The van der Waals surface area contributed by atoms with E-state index in [0.29, 0.717) is 29.4 Å². The van der Waals surface area contributed by atoms with E-state index >= 15 is 0 Å². The summed E-state index contributed by atoms with van der Waals surface area (Å²) in [5, 5.41) is 13.4. The van der Waals surface area contributed by atoms with Crippen molar-refractivity contribution in [3.05, 3.63) is 48.2 Å². The minimum absolute atomic E-state index is 0.314. The number of hydrogen-bond acceptors (Lipinski definition) is 5. The molecule has 0 fully saturated rings. The van der Waals surface area contributed by atoms with E-state index in [9.17, 15) is 10.1 Å². The molecule has 29 heavy (non-hydrogen) atoms. The number of benzene rings is 2. The van der Waals surface area contributed by atoms with Crippen LogP contribution in [0.15, 0.2) is 42.6 Å². The Hall–Kier alpha value is -3.66. The van der Waals surface area contributed by atoms with Gasteiger partial charge in [0.25, 0.3) is 0 Å². The zero-order valence-corrected chi connectivity index (χ0v) is 16.9. The second-order valence-electron chi connectivity index (χ2n) is 6.57. The van der Waals surface area contributed by atoms with Crippen LogP contribution in [0.2, 0.25) is 0 Å². The largest absolute Gasteiger partial charge is 0.493 e. The van der Waals surface area contributed by atoms with Crippen LogP contribution in [-0.2, 0) is 18.3 Å². The molecule has 0 aliphatic carbocycles. The van der Waals surface area contributed by atoms with E-state index in [2.05, 4.69) is 11.4 Å². The Labute approximate surface area is 169 Å². The predicted molar refractivity (Wildman–Crippen MR) is 110 cm³/mol. The van der Waals surface area contributed by atoms with Gasteiger partial charge < -0.3 is 24.1 Å². The van der Waals surface area contributed by atoms with Crippen molar-refractivity contribution in [2.75, 3.05) is 26.6 Å². The fourth-order valence-corrected chi connectivity index (χ4v) is 3.39. The second kappa shape index (κ2) is 8.57. The normalized spacial score (nSPS) is 11.6. The summed E-state index contributed by atoms with van der Waals surface area (Å²) in [6.07, 6.45) is 2.27. The van der Waals surface area contributed by atoms with Gasteiger partial charge in [-0.05, 0) is 18.1 Å². The molecular weight excluding hydrogens is 370 g/mol. The van der Waals surface area contributed by atoms with Gasteiger partial charge in [0.05, 0.1) is 27.4 Å². The molecule has 7 nitrogen and oxygen atoms in total. The maximum absolute atomic E-state index is 12.8. The number of anilines is 1. The standard InChI is InChI=1S/C22H23N3O4/c1-25-13-15(17-7-5-6-8-18(17)25)9-14(12-23)22(26)24-16-10-19(27-2)21(29-4)20(11-16)28-3/h5-8,10-11,13-14H,9H2,1-4H3,(H,24,26)/t14-/m1/s1. The molecule has 1 aromatic heterocycles. The monoisotopic (exact) mass is 393 g/mol. The molecule has 7 heteroatoms. The van der Waals surface area contributed by atoms with Crippen LogP contribution in [0.25, 0.3) is 10.9 Å². The Morgan fingerprint density at radius 2 is 1.79 bits per heavy atom. The van der Waals surface area contributed by atoms with Crippen molar-refractivity contribution in [1.29, 1.82) is 5.26 Å². The van der Waals surface area contributed by atoms with Gasteiger partial charge in [0.2, 0.25) is 11.7 Å². The molecule has 0 aliphatic heterocycles. The number of carbonyl (C=O) groups excluding carboxylic acids is 1. The summed E-state index contributed by atoms with van der Waals surface area (Å²) in [6.45, 7) is 0. The van der Waals surface area contributed by atoms with E-state index in [1.807, 2.05) is 42.1 Å². The molecule has 3 aromatic rings. The fourth-order valence-electron chi connectivity index (χ4n) is 3.39. The van der Waals surface area contributed by atoms with Gasteiger partial charge in [0, 0.05) is 42.0 Å². The van der Waals surface area contributed by atoms with E-state index < -0.39 is 11.8 Å². The molecule has 1 amide bonds. The molecule has 1 heterocycles. The number of aromatic nitrogens is 1. The van der Waals surface area contributed by atoms with E-state index in [4.69, 9.17) is 14.2 Å². The number of aryl methyl sites for hydroxylation is 1. The minimum atomic E-state index is -0.847. The Kier molecular flexibility index (Phi) is 5.93. The van der Waals surface area contributed by atoms with Crippen LogP contribution >= 0.6 is 0 Å². The van der Waals surface area contributed by atoms with E-state index in [1.165, 1.54) is 21.3 Å². The molecule has 0 aliphatic rings. The number of nitrogens with zero attached hydrogens (tertiary/aromatic N) is 2. The Morgan fingerprint density at radius 3 is 2.38 bits per heavy atom. The van der Waals surface area contributed by atoms with Crippen molar-refractivity contribution in [2.24, 2.45) is 13.0 Å². The van der Waals surface area contributed by atoms with Crippen molar-refractivity contribution >= 4 is 22.5 Å². The second-order valence-corrected chi connectivity index (χ2v) is 6.57. The molecule has 150 valence electrons. The topological polar surface area (TPSA) is 85.5 Å². The average molecular weight is 393 g/mol. The third-order valence-electron chi connectivity index (χ3n) is 4.81. The smallest absolute Gasteiger partial charge is 0.242 e. The quantitative estimate of drug-likeness (QED) is 0.664. The van der Waals surface area contributed by atoms with E-state index in [0.717, 1.165) is 16.5 Å². The summed E-state index contributed by atoms with van der Waals surface area (Å²) in [4.78, 5) is 12.8. The number of fused-ring (bicyclic) bond motifs is 1. The van der Waals surface area contributed by atoms with Crippen molar-refractivity contribution in [3.63, 3.8) is 0 Å². The third kappa shape index (κ3) is 3.97. The molecule has 0 saturated heterocycles. The summed E-state index contributed by atoms with van der Waals surface area (Å²) >= 11 is 0. The van der Waals surface area contributed by atoms with Gasteiger partial charge in [-0.25, -0.2) is 0 Å². The molecule has 0 bridgehead atoms. The molecule has 0 unspecified atom stereocenters. The lowest BCUT2D eigenvalue weighted by atomic mass is 9.99. The predicted octanol–water partition coefficient (Wildman–Crippen LogP) is 3.53. The van der Waals surface area contributed by atoms with Crippen molar-refractivity contribution in [3.8, 4) is 23.3 Å². The number of methoxy groups -OCH3 is 3. The summed E-state index contributed by atoms with van der Waals surface area (Å²) in [6, 6.07) is 13.3. The molecule has 0 spiro atoms. The summed E-state index contributed by atoms with van der Waals surface area (Å²) in [7, 11) is 6.46. The number of amides is 1. The third-order valence-corrected chi connectivity index (χ3v) is 4.81. The first kappa shape index (κ1) is 20.1. The number of hydrogen-bond donors (Lipinski definition) is 1. The number of nitriles is 1. The van der Waals surface area contributed by atoms with Gasteiger partial charge in [-0.15, -0.1) is 0 Å². The number of rotatable bonds is 7. The highest BCUT2D eigenvalue weighted by Gasteiger charge is 2.22. The summed E-state index contributed by atoms with van der Waals surface area (Å²) < 4.78 is 17.9. The van der Waals surface area contributed by atoms with Crippen LogP contribution in [0.1, 0.15) is 5.56 Å². The van der Waals surface area contributed by atoms with Gasteiger partial charge in [-0.2, -0.15) is 5.26 Å². The molecule has 3 rings (SSSR count). The molecule has 2 aromatic carbocycles. The van der Waals surface area contributed by atoms with Crippen LogP contribution in [0, 0.1) is 17.2 Å². The molecule has 0 radical (unpaired) electrons. The van der Waals surface area contributed by atoms with Crippen molar-refractivity contribution < 1.29 is 19.0 Å². The molecule has 0 saturated carbocycles. The average Bonchev–Trinajstić information content (AvgIpc) is 3.06. The zero-order chi connectivity index (χ0) is 21.0. The Balaban J connectivity index is 1.84. The first-order chi connectivity index (χ1) is 14.0. The molecule has 1 atom stereocenters. The van der Waals surface area contributed by atoms with Gasteiger partial charge >= 0.3 is 0 Å². The van der Waals surface area contributed by atoms with E-state index in [1.54, 1.807) is 12.1 Å². The first-order valence-corrected chi connectivity index (χ1v) is 9.05.